The van der Waals surface area contributed by atoms with Gasteiger partial charge < -0.3 is 39.0 Å². The molecule has 1 fully saturated rings. The molecule has 0 amide bonds. The molecule has 1 rings (SSSR count). The smallest absolute Gasteiger partial charge is 0.335 e. The van der Waals surface area contributed by atoms with Crippen LogP contribution in [0.1, 0.15) is 239 Å². The molecule has 0 spiro atoms. The van der Waals surface area contributed by atoms with Crippen LogP contribution in [0.15, 0.2) is 85.1 Å². The van der Waals surface area contributed by atoms with E-state index in [9.17, 15) is 34.5 Å². The van der Waals surface area contributed by atoms with E-state index < -0.39 is 67.3 Å². The molecule has 0 aromatic heterocycles. The molecule has 1 saturated heterocycles. The Morgan fingerprint density at radius 1 is 0.453 bits per heavy atom. The summed E-state index contributed by atoms with van der Waals surface area (Å²) < 4.78 is 28.4. The van der Waals surface area contributed by atoms with E-state index in [1.165, 1.54) is 51.4 Å². The lowest BCUT2D eigenvalue weighted by Crippen LogP contribution is -2.61. The van der Waals surface area contributed by atoms with Gasteiger partial charge in [-0.2, -0.15) is 0 Å². The van der Waals surface area contributed by atoms with Crippen molar-refractivity contribution in [2.75, 3.05) is 13.2 Å². The third-order valence-electron chi connectivity index (χ3n) is 12.9. The van der Waals surface area contributed by atoms with Crippen molar-refractivity contribution in [3.63, 3.8) is 0 Å². The standard InChI is InChI=1S/C63H104O12/c1-4-7-10-13-16-19-22-25-26-27-28-29-30-33-34-37-40-43-46-49-55(64)71-52-54(73-56(65)50-47-44-41-38-35-31-23-20-17-14-11-8-5-2)53-72-63-61(59(68)58(67)60(75-63)62(69)70)74-57(66)51-48-45-42-39-36-32-24-21-18-15-12-9-6-3/h7,10,16,19-21,23-26,28-29,33-34,54,58-61,63,67-68H,4-6,8-9,11-15,17-18,22,27,30-32,35-53H2,1-3H3,(H,69,70)/b10-7-,19-16-,23-20-,24-21-,26-25-,29-28-,34-33-. The molecule has 3 N–H and O–H groups in total. The molecule has 0 aliphatic carbocycles. The predicted molar refractivity (Wildman–Crippen MR) is 303 cm³/mol. The number of rotatable bonds is 49. The van der Waals surface area contributed by atoms with Crippen LogP contribution in [0.2, 0.25) is 0 Å². The molecular formula is C63H104O12. The van der Waals surface area contributed by atoms with Gasteiger partial charge in [0.15, 0.2) is 24.6 Å². The van der Waals surface area contributed by atoms with E-state index in [0.717, 1.165) is 128 Å². The molecule has 6 unspecified atom stereocenters. The number of hydrogen-bond donors (Lipinski definition) is 3. The number of esters is 3. The largest absolute Gasteiger partial charge is 0.479 e. The number of carbonyl (C=O) groups excluding carboxylic acids is 3. The number of carboxylic acids is 1. The zero-order valence-electron chi connectivity index (χ0n) is 47.0. The number of hydrogen-bond acceptors (Lipinski definition) is 11. The van der Waals surface area contributed by atoms with E-state index in [-0.39, 0.29) is 25.9 Å². The Balaban J connectivity index is 2.72. The second-order valence-corrected chi connectivity index (χ2v) is 19.9. The van der Waals surface area contributed by atoms with E-state index >= 15 is 0 Å². The van der Waals surface area contributed by atoms with Gasteiger partial charge in [-0.25, -0.2) is 4.79 Å². The van der Waals surface area contributed by atoms with Crippen molar-refractivity contribution in [2.45, 2.75) is 276 Å². The Bertz CT molecular complexity index is 1630. The minimum atomic E-state index is -1.91. The molecule has 1 heterocycles. The van der Waals surface area contributed by atoms with Crippen molar-refractivity contribution in [1.29, 1.82) is 0 Å². The fraction of sp³-hybridized carbons (Fsp3) is 0.714. The summed E-state index contributed by atoms with van der Waals surface area (Å²) in [4.78, 5) is 51.1. The van der Waals surface area contributed by atoms with Crippen LogP contribution in [0.4, 0.5) is 0 Å². The highest BCUT2D eigenvalue weighted by Gasteiger charge is 2.50. The Kier molecular flexibility index (Phi) is 46.6. The monoisotopic (exact) mass is 1050 g/mol. The highest BCUT2D eigenvalue weighted by molar-refractivity contribution is 5.74. The number of ether oxygens (including phenoxy) is 5. The fourth-order valence-corrected chi connectivity index (χ4v) is 8.38. The summed E-state index contributed by atoms with van der Waals surface area (Å²) >= 11 is 0. The molecular weight excluding hydrogens is 949 g/mol. The summed E-state index contributed by atoms with van der Waals surface area (Å²) in [5, 5.41) is 31.4. The number of unbranched alkanes of at least 4 members (excludes halogenated alkanes) is 21. The first kappa shape index (κ1) is 68.9. The van der Waals surface area contributed by atoms with E-state index in [4.69, 9.17) is 23.7 Å². The van der Waals surface area contributed by atoms with Gasteiger partial charge >= 0.3 is 23.9 Å². The molecule has 1 aliphatic rings. The van der Waals surface area contributed by atoms with Crippen molar-refractivity contribution in [1.82, 2.24) is 0 Å². The SMILES string of the molecule is CC/C=C\C/C=C\C/C=C\C/C=C\C/C=C\CCCCCC(=O)OCC(COC1OC(C(=O)O)C(O)C(O)C1OC(=O)CCCCCCC/C=C\CCCCCC)OC(=O)CCCCCCC/C=C\CCCCCC. The van der Waals surface area contributed by atoms with Gasteiger partial charge in [0.1, 0.15) is 18.8 Å². The van der Waals surface area contributed by atoms with Crippen LogP contribution in [0.5, 0.6) is 0 Å². The summed E-state index contributed by atoms with van der Waals surface area (Å²) in [6.45, 7) is 5.80. The molecule has 0 radical (unpaired) electrons. The van der Waals surface area contributed by atoms with Crippen LogP contribution >= 0.6 is 0 Å². The number of carbonyl (C=O) groups is 4. The molecule has 0 aromatic carbocycles. The van der Waals surface area contributed by atoms with Crippen molar-refractivity contribution >= 4 is 23.9 Å². The number of aliphatic hydroxyl groups excluding tert-OH is 2. The fourth-order valence-electron chi connectivity index (χ4n) is 8.38. The number of aliphatic hydroxyl groups is 2. The quantitative estimate of drug-likeness (QED) is 0.0228. The molecule has 0 bridgehead atoms. The minimum Gasteiger partial charge on any atom is -0.479 e. The maximum Gasteiger partial charge on any atom is 0.335 e. The molecule has 428 valence electrons. The summed E-state index contributed by atoms with van der Waals surface area (Å²) in [7, 11) is 0. The first-order valence-corrected chi connectivity index (χ1v) is 29.6. The first-order chi connectivity index (χ1) is 36.6. The van der Waals surface area contributed by atoms with Crippen molar-refractivity contribution < 1.29 is 58.2 Å². The maximum absolute atomic E-state index is 13.1. The van der Waals surface area contributed by atoms with Gasteiger partial charge in [-0.15, -0.1) is 0 Å². The van der Waals surface area contributed by atoms with Gasteiger partial charge in [-0.3, -0.25) is 14.4 Å². The molecule has 12 nitrogen and oxygen atoms in total. The highest BCUT2D eigenvalue weighted by Crippen LogP contribution is 2.26. The van der Waals surface area contributed by atoms with Crippen molar-refractivity contribution in [3.05, 3.63) is 85.1 Å². The van der Waals surface area contributed by atoms with Gasteiger partial charge in [0.25, 0.3) is 0 Å². The van der Waals surface area contributed by atoms with Crippen LogP contribution in [-0.4, -0.2) is 89.2 Å². The summed E-state index contributed by atoms with van der Waals surface area (Å²) in [6, 6.07) is 0. The zero-order chi connectivity index (χ0) is 54.7. The predicted octanol–water partition coefficient (Wildman–Crippen LogP) is 15.1. The van der Waals surface area contributed by atoms with E-state index in [1.54, 1.807) is 0 Å². The lowest BCUT2D eigenvalue weighted by molar-refractivity contribution is -0.301. The Morgan fingerprint density at radius 2 is 0.840 bits per heavy atom. The Hall–Kier alpha value is -4.10. The number of allylic oxidation sites excluding steroid dienone is 14. The molecule has 0 aromatic rings. The van der Waals surface area contributed by atoms with Crippen LogP contribution < -0.4 is 0 Å². The average Bonchev–Trinajstić information content (AvgIpc) is 3.39. The number of aliphatic carboxylic acids is 1. The summed E-state index contributed by atoms with van der Waals surface area (Å²) in [6.07, 6.45) is 52.7. The molecule has 1 aliphatic heterocycles. The van der Waals surface area contributed by atoms with Gasteiger partial charge in [-0.1, -0.05) is 189 Å². The van der Waals surface area contributed by atoms with Gasteiger partial charge in [0.2, 0.25) is 0 Å². The highest BCUT2D eigenvalue weighted by atomic mass is 16.7. The third kappa shape index (κ3) is 40.8. The first-order valence-electron chi connectivity index (χ1n) is 29.6. The van der Waals surface area contributed by atoms with E-state index in [1.807, 2.05) is 0 Å². The van der Waals surface area contributed by atoms with Crippen molar-refractivity contribution in [3.8, 4) is 0 Å². The van der Waals surface area contributed by atoms with Crippen LogP contribution in [0.25, 0.3) is 0 Å². The molecule has 12 heteroatoms. The lowest BCUT2D eigenvalue weighted by Gasteiger charge is -2.40. The van der Waals surface area contributed by atoms with Crippen LogP contribution in [0.3, 0.4) is 0 Å². The summed E-state index contributed by atoms with van der Waals surface area (Å²) in [5.41, 5.74) is 0. The Morgan fingerprint density at radius 3 is 1.31 bits per heavy atom. The minimum absolute atomic E-state index is 0.0435. The second-order valence-electron chi connectivity index (χ2n) is 19.9. The molecule has 0 saturated carbocycles. The van der Waals surface area contributed by atoms with E-state index in [2.05, 4.69) is 106 Å². The van der Waals surface area contributed by atoms with Gasteiger partial charge in [0.05, 0.1) is 6.61 Å². The Labute approximate surface area is 454 Å². The van der Waals surface area contributed by atoms with Crippen LogP contribution in [-0.2, 0) is 42.9 Å². The second kappa shape index (κ2) is 50.7. The zero-order valence-corrected chi connectivity index (χ0v) is 47.0. The average molecular weight is 1050 g/mol. The third-order valence-corrected chi connectivity index (χ3v) is 12.9. The van der Waals surface area contributed by atoms with E-state index in [0.29, 0.717) is 19.3 Å². The normalized spacial score (nSPS) is 18.8. The summed E-state index contributed by atoms with van der Waals surface area (Å²) in [5.74, 6) is -3.19. The van der Waals surface area contributed by atoms with Crippen molar-refractivity contribution in [2.24, 2.45) is 0 Å². The molecule has 75 heavy (non-hydrogen) atoms. The molecule has 6 atom stereocenters. The lowest BCUT2D eigenvalue weighted by atomic mass is 9.98. The van der Waals surface area contributed by atoms with Crippen LogP contribution in [0, 0.1) is 0 Å². The topological polar surface area (TPSA) is 175 Å². The van der Waals surface area contributed by atoms with Gasteiger partial charge in [-0.05, 0) is 116 Å². The maximum atomic E-state index is 13.1. The van der Waals surface area contributed by atoms with Gasteiger partial charge in [0, 0.05) is 19.3 Å². The number of carboxylic acid groups (broad SMARTS) is 1.